The molecule has 2 aromatic rings. The predicted octanol–water partition coefficient (Wildman–Crippen LogP) is 5.56. The number of amidine groups is 1. The van der Waals surface area contributed by atoms with Crippen LogP contribution in [-0.2, 0) is 0 Å². The van der Waals surface area contributed by atoms with E-state index >= 15 is 0 Å². The minimum Gasteiger partial charge on any atom is -0.382 e. The van der Waals surface area contributed by atoms with Crippen molar-refractivity contribution < 1.29 is 5.11 Å². The summed E-state index contributed by atoms with van der Waals surface area (Å²) in [6.07, 6.45) is 5.80. The van der Waals surface area contributed by atoms with Gasteiger partial charge in [0.25, 0.3) is 0 Å². The molecule has 3 heteroatoms. The molecule has 2 aromatic carbocycles. The van der Waals surface area contributed by atoms with Crippen molar-refractivity contribution in [3.63, 3.8) is 0 Å². The molecule has 26 heavy (non-hydrogen) atoms. The fraction of sp³-hybridized carbons (Fsp3) is 0.522. The first kappa shape index (κ1) is 18.9. The zero-order valence-electron chi connectivity index (χ0n) is 16.4. The number of nitrogens with zero attached hydrogens (tertiary/aromatic N) is 2. The number of benzene rings is 2. The molecule has 0 bridgehead atoms. The van der Waals surface area contributed by atoms with Gasteiger partial charge in [0.1, 0.15) is 11.4 Å². The van der Waals surface area contributed by atoms with E-state index in [2.05, 4.69) is 68.1 Å². The van der Waals surface area contributed by atoms with E-state index in [1.165, 1.54) is 10.8 Å². The first-order valence-electron chi connectivity index (χ1n) is 10.1. The Balaban J connectivity index is 2.02. The molecule has 0 fully saturated rings. The van der Waals surface area contributed by atoms with Crippen LogP contribution >= 0.6 is 0 Å². The fourth-order valence-corrected chi connectivity index (χ4v) is 3.98. The van der Waals surface area contributed by atoms with E-state index in [9.17, 15) is 5.11 Å². The van der Waals surface area contributed by atoms with Crippen molar-refractivity contribution in [2.75, 3.05) is 11.4 Å². The molecule has 0 amide bonds. The molecule has 0 spiro atoms. The third kappa shape index (κ3) is 3.78. The van der Waals surface area contributed by atoms with Gasteiger partial charge in [0.05, 0.1) is 11.7 Å². The van der Waals surface area contributed by atoms with Crippen molar-refractivity contribution in [2.24, 2.45) is 4.99 Å². The van der Waals surface area contributed by atoms with Gasteiger partial charge in [0, 0.05) is 11.9 Å². The van der Waals surface area contributed by atoms with Gasteiger partial charge in [-0.2, -0.15) is 0 Å². The van der Waals surface area contributed by atoms with Gasteiger partial charge in [-0.15, -0.1) is 0 Å². The highest BCUT2D eigenvalue weighted by Crippen LogP contribution is 2.35. The Bertz CT molecular complexity index is 754. The summed E-state index contributed by atoms with van der Waals surface area (Å²) < 4.78 is 0. The maximum Gasteiger partial charge on any atom is 0.136 e. The summed E-state index contributed by atoms with van der Waals surface area (Å²) in [5, 5.41) is 14.1. The second-order valence-corrected chi connectivity index (χ2v) is 7.65. The number of unbranched alkanes of at least 4 members (excludes halogenated alkanes) is 2. The number of hydrogen-bond acceptors (Lipinski definition) is 3. The summed E-state index contributed by atoms with van der Waals surface area (Å²) in [5.41, 5.74) is 0.339. The zero-order chi connectivity index (χ0) is 18.6. The summed E-state index contributed by atoms with van der Waals surface area (Å²) in [7, 11) is 0. The first-order valence-corrected chi connectivity index (χ1v) is 10.1. The van der Waals surface area contributed by atoms with Crippen molar-refractivity contribution in [1.29, 1.82) is 0 Å². The molecule has 1 atom stereocenters. The van der Waals surface area contributed by atoms with E-state index < -0.39 is 5.60 Å². The summed E-state index contributed by atoms with van der Waals surface area (Å²) in [6, 6.07) is 15.1. The van der Waals surface area contributed by atoms with Crippen molar-refractivity contribution in [3.05, 3.63) is 42.5 Å². The standard InChI is InChI=1S/C23H32N2O/c1-4-6-15-23(26,16-7-5-2)22-24-18(3)17-25(22)21-14-10-12-19-11-8-9-13-20(19)21/h8-14,18,26H,4-7,15-17H2,1-3H3/t18-/m0/s1. The normalized spacial score (nSPS) is 17.8. The van der Waals surface area contributed by atoms with E-state index in [4.69, 9.17) is 4.99 Å². The molecule has 140 valence electrons. The molecule has 0 radical (unpaired) electrons. The minimum absolute atomic E-state index is 0.207. The Hall–Kier alpha value is -1.87. The third-order valence-electron chi connectivity index (χ3n) is 5.41. The smallest absolute Gasteiger partial charge is 0.136 e. The summed E-state index contributed by atoms with van der Waals surface area (Å²) in [5.74, 6) is 0.878. The van der Waals surface area contributed by atoms with Crippen molar-refractivity contribution in [2.45, 2.75) is 70.9 Å². The van der Waals surface area contributed by atoms with Crippen LogP contribution in [0.5, 0.6) is 0 Å². The lowest BCUT2D eigenvalue weighted by molar-refractivity contribution is 0.0863. The summed E-state index contributed by atoms with van der Waals surface area (Å²) >= 11 is 0. The van der Waals surface area contributed by atoms with Gasteiger partial charge in [-0.05, 0) is 31.2 Å². The van der Waals surface area contributed by atoms with Gasteiger partial charge < -0.3 is 10.0 Å². The highest BCUT2D eigenvalue weighted by molar-refractivity contribution is 6.10. The lowest BCUT2D eigenvalue weighted by Crippen LogP contribution is -2.47. The second-order valence-electron chi connectivity index (χ2n) is 7.65. The van der Waals surface area contributed by atoms with Gasteiger partial charge >= 0.3 is 0 Å². The van der Waals surface area contributed by atoms with Gasteiger partial charge in [0.2, 0.25) is 0 Å². The van der Waals surface area contributed by atoms with Crippen LogP contribution in [0.2, 0.25) is 0 Å². The van der Waals surface area contributed by atoms with Crippen LogP contribution in [0, 0.1) is 0 Å². The number of aliphatic hydroxyl groups is 1. The average Bonchev–Trinajstić information content (AvgIpc) is 3.06. The third-order valence-corrected chi connectivity index (χ3v) is 5.41. The molecular formula is C23H32N2O. The molecule has 1 aliphatic heterocycles. The fourth-order valence-electron chi connectivity index (χ4n) is 3.98. The number of aliphatic imine (C=N–C) groups is 1. The van der Waals surface area contributed by atoms with E-state index in [1.54, 1.807) is 0 Å². The Morgan fingerprint density at radius 2 is 1.69 bits per heavy atom. The van der Waals surface area contributed by atoms with Crippen LogP contribution < -0.4 is 4.90 Å². The van der Waals surface area contributed by atoms with Gasteiger partial charge in [-0.25, -0.2) is 0 Å². The maximum absolute atomic E-state index is 11.6. The van der Waals surface area contributed by atoms with Crippen molar-refractivity contribution >= 4 is 22.3 Å². The molecule has 0 unspecified atom stereocenters. The molecule has 1 N–H and O–H groups in total. The molecule has 3 nitrogen and oxygen atoms in total. The summed E-state index contributed by atoms with van der Waals surface area (Å²) in [6.45, 7) is 7.35. The first-order chi connectivity index (χ1) is 12.6. The quantitative estimate of drug-likeness (QED) is 0.675. The number of hydrogen-bond donors (Lipinski definition) is 1. The van der Waals surface area contributed by atoms with Crippen LogP contribution in [0.1, 0.15) is 59.3 Å². The molecule has 1 aliphatic rings. The van der Waals surface area contributed by atoms with Crippen molar-refractivity contribution in [1.82, 2.24) is 0 Å². The topological polar surface area (TPSA) is 35.8 Å². The van der Waals surface area contributed by atoms with E-state index in [-0.39, 0.29) is 6.04 Å². The number of anilines is 1. The van der Waals surface area contributed by atoms with Crippen LogP contribution in [0.3, 0.4) is 0 Å². The van der Waals surface area contributed by atoms with Crippen LogP contribution in [0.25, 0.3) is 10.8 Å². The van der Waals surface area contributed by atoms with Crippen molar-refractivity contribution in [3.8, 4) is 0 Å². The SMILES string of the molecule is CCCCC(O)(CCCC)C1=N[C@@H](C)CN1c1cccc2ccccc12. The Morgan fingerprint density at radius 3 is 2.38 bits per heavy atom. The molecule has 1 heterocycles. The predicted molar refractivity (Wildman–Crippen MR) is 112 cm³/mol. The highest BCUT2D eigenvalue weighted by atomic mass is 16.3. The van der Waals surface area contributed by atoms with Crippen LogP contribution in [0.4, 0.5) is 5.69 Å². The molecule has 0 aromatic heterocycles. The van der Waals surface area contributed by atoms with Crippen LogP contribution in [0.15, 0.2) is 47.5 Å². The monoisotopic (exact) mass is 352 g/mol. The molecular weight excluding hydrogens is 320 g/mol. The number of rotatable bonds is 8. The van der Waals surface area contributed by atoms with Gasteiger partial charge in [0.15, 0.2) is 0 Å². The van der Waals surface area contributed by atoms with Crippen LogP contribution in [-0.4, -0.2) is 29.1 Å². The highest BCUT2D eigenvalue weighted by Gasteiger charge is 2.40. The van der Waals surface area contributed by atoms with Gasteiger partial charge in [-0.3, -0.25) is 4.99 Å². The summed E-state index contributed by atoms with van der Waals surface area (Å²) in [4.78, 5) is 7.20. The Kier molecular flexibility index (Phi) is 5.98. The number of fused-ring (bicyclic) bond motifs is 1. The Labute approximate surface area is 157 Å². The molecule has 0 saturated carbocycles. The Morgan fingerprint density at radius 1 is 1.04 bits per heavy atom. The zero-order valence-corrected chi connectivity index (χ0v) is 16.4. The molecule has 0 aliphatic carbocycles. The second kappa shape index (κ2) is 8.22. The van der Waals surface area contributed by atoms with E-state index in [0.29, 0.717) is 0 Å². The van der Waals surface area contributed by atoms with E-state index in [1.807, 2.05) is 0 Å². The minimum atomic E-state index is -0.826. The lowest BCUT2D eigenvalue weighted by Gasteiger charge is -2.34. The maximum atomic E-state index is 11.6. The molecule has 3 rings (SSSR count). The van der Waals surface area contributed by atoms with Gasteiger partial charge in [-0.1, -0.05) is 75.9 Å². The lowest BCUT2D eigenvalue weighted by atomic mass is 9.88. The average molecular weight is 353 g/mol. The largest absolute Gasteiger partial charge is 0.382 e. The van der Waals surface area contributed by atoms with E-state index in [0.717, 1.165) is 56.6 Å². The molecule has 0 saturated heterocycles.